The second-order valence-corrected chi connectivity index (χ2v) is 10.7. The molecule has 0 spiro atoms. The van der Waals surface area contributed by atoms with Gasteiger partial charge in [0.2, 0.25) is 0 Å². The summed E-state index contributed by atoms with van der Waals surface area (Å²) < 4.78 is 0. The van der Waals surface area contributed by atoms with Gasteiger partial charge in [0, 0.05) is 18.0 Å². The Morgan fingerprint density at radius 1 is 0.395 bits per heavy atom. The van der Waals surface area contributed by atoms with E-state index in [1.165, 1.54) is 33.4 Å². The lowest BCUT2D eigenvalue weighted by Gasteiger charge is -2.34. The summed E-state index contributed by atoms with van der Waals surface area (Å²) in [5, 5.41) is 0. The van der Waals surface area contributed by atoms with E-state index in [0.29, 0.717) is 5.82 Å². The third-order valence-corrected chi connectivity index (χ3v) is 8.32. The highest BCUT2D eigenvalue weighted by atomic mass is 14.9. The van der Waals surface area contributed by atoms with Crippen LogP contribution in [-0.2, 0) is 5.41 Å². The van der Waals surface area contributed by atoms with Crippen molar-refractivity contribution in [3.8, 4) is 45.3 Å². The molecule has 1 aliphatic rings. The average Bonchev–Trinajstić information content (AvgIpc) is 3.40. The largest absolute Gasteiger partial charge is 0.255 e. The molecule has 0 aliphatic heterocycles. The molecule has 0 fully saturated rings. The van der Waals surface area contributed by atoms with Gasteiger partial charge in [0.05, 0.1) is 28.2 Å². The molecule has 0 saturated heterocycles. The number of hydrogen-bond donors (Lipinski definition) is 0. The summed E-state index contributed by atoms with van der Waals surface area (Å²) in [5.74, 6) is 0.635. The van der Waals surface area contributed by atoms with Crippen LogP contribution in [0.1, 0.15) is 22.3 Å². The normalized spacial score (nSPS) is 12.8. The molecule has 0 unspecified atom stereocenters. The summed E-state index contributed by atoms with van der Waals surface area (Å²) in [5.41, 5.74) is 11.2. The summed E-state index contributed by atoms with van der Waals surface area (Å²) in [4.78, 5) is 19.1. The molecule has 4 heteroatoms. The second kappa shape index (κ2) is 10.3. The zero-order chi connectivity index (χ0) is 28.6. The number of rotatable bonds is 5. The molecule has 3 aromatic heterocycles. The Labute approximate surface area is 250 Å². The van der Waals surface area contributed by atoms with Crippen LogP contribution in [0.25, 0.3) is 45.3 Å². The van der Waals surface area contributed by atoms with E-state index in [1.54, 1.807) is 12.4 Å². The van der Waals surface area contributed by atoms with E-state index in [4.69, 9.17) is 9.97 Å². The number of benzene rings is 4. The van der Waals surface area contributed by atoms with Crippen LogP contribution in [-0.4, -0.2) is 19.9 Å². The molecule has 0 atom stereocenters. The quantitative estimate of drug-likeness (QED) is 0.215. The first kappa shape index (κ1) is 25.0. The number of fused-ring (bicyclic) bond motifs is 3. The maximum Gasteiger partial charge on any atom is 0.160 e. The lowest BCUT2D eigenvalue weighted by atomic mass is 9.67. The van der Waals surface area contributed by atoms with E-state index in [0.717, 1.165) is 28.3 Å². The third kappa shape index (κ3) is 4.07. The predicted molar refractivity (Wildman–Crippen MR) is 171 cm³/mol. The molecule has 0 amide bonds. The molecule has 8 rings (SSSR count). The second-order valence-electron chi connectivity index (χ2n) is 10.7. The fraction of sp³-hybridized carbons (Fsp3) is 0.0256. The molecule has 4 aromatic carbocycles. The van der Waals surface area contributed by atoms with Gasteiger partial charge in [-0.3, -0.25) is 9.97 Å². The van der Waals surface area contributed by atoms with Gasteiger partial charge in [-0.15, -0.1) is 0 Å². The summed E-state index contributed by atoms with van der Waals surface area (Å²) in [6.07, 6.45) is 3.57. The van der Waals surface area contributed by atoms with Crippen molar-refractivity contribution in [3.63, 3.8) is 0 Å². The molecule has 1 aliphatic carbocycles. The number of nitrogens with zero attached hydrogens (tertiary/aromatic N) is 4. The summed E-state index contributed by atoms with van der Waals surface area (Å²) in [6, 6.07) is 50.8. The van der Waals surface area contributed by atoms with Gasteiger partial charge in [-0.2, -0.15) is 0 Å². The number of aromatic nitrogens is 4. The van der Waals surface area contributed by atoms with Crippen molar-refractivity contribution in [1.29, 1.82) is 0 Å². The first-order valence-electron chi connectivity index (χ1n) is 14.4. The molecule has 0 bridgehead atoms. The monoisotopic (exact) mass is 550 g/mol. The van der Waals surface area contributed by atoms with Gasteiger partial charge in [-0.1, -0.05) is 115 Å². The van der Waals surface area contributed by atoms with Crippen molar-refractivity contribution in [2.75, 3.05) is 0 Å². The topological polar surface area (TPSA) is 51.6 Å². The van der Waals surface area contributed by atoms with E-state index in [9.17, 15) is 0 Å². The number of pyridine rings is 2. The van der Waals surface area contributed by atoms with Crippen LogP contribution in [0.3, 0.4) is 0 Å². The highest BCUT2D eigenvalue weighted by Crippen LogP contribution is 2.55. The van der Waals surface area contributed by atoms with E-state index >= 15 is 0 Å². The molecule has 0 radical (unpaired) electrons. The molecule has 202 valence electrons. The lowest BCUT2D eigenvalue weighted by molar-refractivity contribution is 0.768. The van der Waals surface area contributed by atoms with Crippen LogP contribution in [0.15, 0.2) is 158 Å². The predicted octanol–water partition coefficient (Wildman–Crippen LogP) is 8.63. The fourth-order valence-electron chi connectivity index (χ4n) is 6.45. The molecule has 43 heavy (non-hydrogen) atoms. The molecule has 3 heterocycles. The van der Waals surface area contributed by atoms with Crippen LogP contribution in [0.2, 0.25) is 0 Å². The standard InChI is InChI=1S/C39H26N4/c1-2-12-28(13-3-1)39(32-16-6-4-14-30(32)31-15-5-7-17-33(31)39)29-22-20-27(21-23-29)38-42-36(34-18-8-10-24-40-34)26-37(43-38)35-19-9-11-25-41-35/h1-26H. The van der Waals surface area contributed by atoms with Gasteiger partial charge in [0.25, 0.3) is 0 Å². The smallest absolute Gasteiger partial charge is 0.160 e. The molecule has 0 N–H and O–H groups in total. The highest BCUT2D eigenvalue weighted by Gasteiger charge is 2.45. The summed E-state index contributed by atoms with van der Waals surface area (Å²) >= 11 is 0. The zero-order valence-electron chi connectivity index (χ0n) is 23.3. The SMILES string of the molecule is c1ccc(C2(c3ccc(-c4nc(-c5ccccn5)cc(-c5ccccn5)n4)cc3)c3ccccc3-c3ccccc32)cc1. The third-order valence-electron chi connectivity index (χ3n) is 8.32. The maximum atomic E-state index is 4.97. The van der Waals surface area contributed by atoms with E-state index in [2.05, 4.69) is 113 Å². The Morgan fingerprint density at radius 3 is 1.42 bits per heavy atom. The van der Waals surface area contributed by atoms with Gasteiger partial charge in [0.1, 0.15) is 0 Å². The van der Waals surface area contributed by atoms with E-state index in [1.807, 2.05) is 42.5 Å². The van der Waals surface area contributed by atoms with Crippen LogP contribution < -0.4 is 0 Å². The molecule has 4 nitrogen and oxygen atoms in total. The Kier molecular flexibility index (Phi) is 5.97. The van der Waals surface area contributed by atoms with Crippen molar-refractivity contribution >= 4 is 0 Å². The summed E-state index contributed by atoms with van der Waals surface area (Å²) in [7, 11) is 0. The lowest BCUT2D eigenvalue weighted by Crippen LogP contribution is -2.28. The summed E-state index contributed by atoms with van der Waals surface area (Å²) in [6.45, 7) is 0. The number of hydrogen-bond acceptors (Lipinski definition) is 4. The first-order valence-corrected chi connectivity index (χ1v) is 14.4. The van der Waals surface area contributed by atoms with Gasteiger partial charge < -0.3 is 0 Å². The fourth-order valence-corrected chi connectivity index (χ4v) is 6.45. The Balaban J connectivity index is 1.31. The van der Waals surface area contributed by atoms with Crippen molar-refractivity contribution in [2.45, 2.75) is 5.41 Å². The Hall–Kier alpha value is -5.74. The minimum Gasteiger partial charge on any atom is -0.255 e. The van der Waals surface area contributed by atoms with Gasteiger partial charge in [-0.25, -0.2) is 9.97 Å². The molecular weight excluding hydrogens is 524 g/mol. The van der Waals surface area contributed by atoms with Crippen molar-refractivity contribution in [2.24, 2.45) is 0 Å². The van der Waals surface area contributed by atoms with Crippen molar-refractivity contribution in [1.82, 2.24) is 19.9 Å². The molecule has 7 aromatic rings. The minimum atomic E-state index is -0.442. The van der Waals surface area contributed by atoms with Crippen LogP contribution in [0, 0.1) is 0 Å². The van der Waals surface area contributed by atoms with Crippen molar-refractivity contribution in [3.05, 3.63) is 180 Å². The average molecular weight is 551 g/mol. The maximum absolute atomic E-state index is 4.97. The Morgan fingerprint density at radius 2 is 0.884 bits per heavy atom. The van der Waals surface area contributed by atoms with Crippen LogP contribution >= 0.6 is 0 Å². The van der Waals surface area contributed by atoms with Crippen LogP contribution in [0.4, 0.5) is 0 Å². The zero-order valence-corrected chi connectivity index (χ0v) is 23.3. The van der Waals surface area contributed by atoms with Crippen LogP contribution in [0.5, 0.6) is 0 Å². The first-order chi connectivity index (χ1) is 21.3. The van der Waals surface area contributed by atoms with Gasteiger partial charge in [-0.05, 0) is 63.7 Å². The van der Waals surface area contributed by atoms with E-state index < -0.39 is 5.41 Å². The molecule has 0 saturated carbocycles. The minimum absolute atomic E-state index is 0.442. The van der Waals surface area contributed by atoms with E-state index in [-0.39, 0.29) is 0 Å². The Bertz CT molecular complexity index is 1950. The van der Waals surface area contributed by atoms with Crippen molar-refractivity contribution < 1.29 is 0 Å². The van der Waals surface area contributed by atoms with Gasteiger partial charge >= 0.3 is 0 Å². The highest BCUT2D eigenvalue weighted by molar-refractivity contribution is 5.86. The molecular formula is C39H26N4. The van der Waals surface area contributed by atoms with Gasteiger partial charge in [0.15, 0.2) is 5.82 Å².